The van der Waals surface area contributed by atoms with Crippen molar-refractivity contribution in [3.05, 3.63) is 121 Å². The molecule has 1 aliphatic heterocycles. The molecule has 7 nitrogen and oxygen atoms in total. The number of imidazole rings is 1. The van der Waals surface area contributed by atoms with Gasteiger partial charge >= 0.3 is 0 Å². The molecule has 0 unspecified atom stereocenters. The van der Waals surface area contributed by atoms with E-state index in [4.69, 9.17) is 24.4 Å². The lowest BCUT2D eigenvalue weighted by molar-refractivity contribution is 0.0342. The summed E-state index contributed by atoms with van der Waals surface area (Å²) in [4.78, 5) is 17.2. The highest BCUT2D eigenvalue weighted by Gasteiger charge is 2.21. The molecule has 0 aliphatic carbocycles. The normalized spacial score (nSPS) is 14.0. The Morgan fingerprint density at radius 1 is 0.651 bits per heavy atom. The van der Waals surface area contributed by atoms with Crippen LogP contribution in [-0.4, -0.2) is 50.7 Å². The first-order valence-electron chi connectivity index (χ1n) is 14.6. The van der Waals surface area contributed by atoms with Crippen LogP contribution in [0.15, 0.2) is 116 Å². The Morgan fingerprint density at radius 2 is 1.33 bits per heavy atom. The average molecular weight is 564 g/mol. The fourth-order valence-corrected chi connectivity index (χ4v) is 5.94. The smallest absolute Gasteiger partial charge is 0.145 e. The molecule has 4 heterocycles. The Bertz CT molecular complexity index is 2050. The molecule has 0 bridgehead atoms. The molecule has 0 spiro atoms. The summed E-state index contributed by atoms with van der Waals surface area (Å²) in [6.45, 7) is 4.43. The third-order valence-corrected chi connectivity index (χ3v) is 8.02. The van der Waals surface area contributed by atoms with Crippen LogP contribution in [-0.2, 0) is 11.3 Å². The van der Waals surface area contributed by atoms with Gasteiger partial charge in [-0.15, -0.1) is 0 Å². The second-order valence-electron chi connectivity index (χ2n) is 10.8. The molecule has 0 radical (unpaired) electrons. The quantitative estimate of drug-likeness (QED) is 0.196. The van der Waals surface area contributed by atoms with Crippen molar-refractivity contribution in [2.45, 2.75) is 6.54 Å². The molecule has 8 rings (SSSR count). The minimum atomic E-state index is 0.773. The minimum absolute atomic E-state index is 0.773. The number of fused-ring (bicyclic) bond motifs is 6. The van der Waals surface area contributed by atoms with Gasteiger partial charge in [0.15, 0.2) is 0 Å². The SMILES string of the molecule is c1ccc(Oc2ccc(-n3c(-c4ccc(CN5CCOCC5)cc4)nc4c5cccnc5c5ncccc5c43)cc2)cc1. The van der Waals surface area contributed by atoms with Gasteiger partial charge < -0.3 is 9.47 Å². The fraction of sp³-hybridized carbons (Fsp3) is 0.139. The maximum atomic E-state index is 6.10. The second-order valence-corrected chi connectivity index (χ2v) is 10.8. The molecule has 3 aromatic heterocycles. The molecule has 1 saturated heterocycles. The number of hydrogen-bond donors (Lipinski definition) is 0. The molecule has 210 valence electrons. The standard InChI is InChI=1S/C36H29N5O2/c1-2-6-28(7-3-1)43-29-16-14-27(15-17-29)41-35-31-9-5-19-38-33(31)32-30(8-4-18-37-32)34(35)39-36(41)26-12-10-25(11-13-26)24-40-20-22-42-23-21-40/h1-19H,20-24H2. The van der Waals surface area contributed by atoms with Crippen LogP contribution in [0.25, 0.3) is 49.9 Å². The summed E-state index contributed by atoms with van der Waals surface area (Å²) >= 11 is 0. The molecular formula is C36H29N5O2. The van der Waals surface area contributed by atoms with Crippen molar-refractivity contribution in [3.63, 3.8) is 0 Å². The average Bonchev–Trinajstić information content (AvgIpc) is 3.48. The summed E-state index contributed by atoms with van der Waals surface area (Å²) in [5.74, 6) is 2.44. The van der Waals surface area contributed by atoms with Gasteiger partial charge in [0.2, 0.25) is 0 Å². The van der Waals surface area contributed by atoms with E-state index in [2.05, 4.69) is 58.0 Å². The molecule has 1 aliphatic rings. The van der Waals surface area contributed by atoms with Crippen LogP contribution >= 0.6 is 0 Å². The summed E-state index contributed by atoms with van der Waals surface area (Å²) < 4.78 is 13.9. The van der Waals surface area contributed by atoms with Gasteiger partial charge in [-0.3, -0.25) is 19.4 Å². The number of aromatic nitrogens is 4. The van der Waals surface area contributed by atoms with Gasteiger partial charge in [0.05, 0.1) is 35.3 Å². The highest BCUT2D eigenvalue weighted by Crippen LogP contribution is 2.38. The zero-order valence-electron chi connectivity index (χ0n) is 23.6. The van der Waals surface area contributed by atoms with E-state index in [-0.39, 0.29) is 0 Å². The van der Waals surface area contributed by atoms with E-state index in [1.54, 1.807) is 0 Å². The lowest BCUT2D eigenvalue weighted by Gasteiger charge is -2.26. The summed E-state index contributed by atoms with van der Waals surface area (Å²) in [6.07, 6.45) is 3.64. The van der Waals surface area contributed by atoms with Gasteiger partial charge in [-0.1, -0.05) is 42.5 Å². The molecule has 0 amide bonds. The number of benzene rings is 4. The van der Waals surface area contributed by atoms with E-state index in [1.807, 2.05) is 67.0 Å². The van der Waals surface area contributed by atoms with Crippen LogP contribution in [0, 0.1) is 0 Å². The van der Waals surface area contributed by atoms with Gasteiger partial charge in [0.1, 0.15) is 17.3 Å². The van der Waals surface area contributed by atoms with Gasteiger partial charge in [-0.25, -0.2) is 4.98 Å². The van der Waals surface area contributed by atoms with Crippen molar-refractivity contribution in [1.29, 1.82) is 0 Å². The highest BCUT2D eigenvalue weighted by molar-refractivity contribution is 6.21. The molecule has 7 aromatic rings. The van der Waals surface area contributed by atoms with Crippen molar-refractivity contribution in [1.82, 2.24) is 24.4 Å². The Labute approximate surface area is 249 Å². The Hall–Kier alpha value is -5.11. The number of morpholine rings is 1. The number of para-hydroxylation sites is 1. The van der Waals surface area contributed by atoms with E-state index in [1.165, 1.54) is 5.56 Å². The monoisotopic (exact) mass is 563 g/mol. The lowest BCUT2D eigenvalue weighted by atomic mass is 10.1. The van der Waals surface area contributed by atoms with Crippen LogP contribution in [0.2, 0.25) is 0 Å². The fourth-order valence-electron chi connectivity index (χ4n) is 5.94. The highest BCUT2D eigenvalue weighted by atomic mass is 16.5. The van der Waals surface area contributed by atoms with E-state index in [9.17, 15) is 0 Å². The Kier molecular flexibility index (Phi) is 6.51. The van der Waals surface area contributed by atoms with Crippen molar-refractivity contribution < 1.29 is 9.47 Å². The molecule has 43 heavy (non-hydrogen) atoms. The van der Waals surface area contributed by atoms with E-state index >= 15 is 0 Å². The van der Waals surface area contributed by atoms with E-state index < -0.39 is 0 Å². The third kappa shape index (κ3) is 4.78. The second kappa shape index (κ2) is 10.9. The van der Waals surface area contributed by atoms with Crippen LogP contribution in [0.4, 0.5) is 0 Å². The van der Waals surface area contributed by atoms with Gasteiger partial charge in [0, 0.05) is 54.1 Å². The predicted octanol–water partition coefficient (Wildman–Crippen LogP) is 7.41. The maximum absolute atomic E-state index is 6.10. The zero-order valence-corrected chi connectivity index (χ0v) is 23.6. The Balaban J connectivity index is 1.29. The zero-order chi connectivity index (χ0) is 28.6. The predicted molar refractivity (Wildman–Crippen MR) is 170 cm³/mol. The van der Waals surface area contributed by atoms with Crippen molar-refractivity contribution in [2.75, 3.05) is 26.3 Å². The molecular weight excluding hydrogens is 534 g/mol. The number of ether oxygens (including phenoxy) is 2. The third-order valence-electron chi connectivity index (χ3n) is 8.02. The van der Waals surface area contributed by atoms with Crippen molar-refractivity contribution in [3.8, 4) is 28.6 Å². The first kappa shape index (κ1) is 25.6. The Morgan fingerprint density at radius 3 is 2.07 bits per heavy atom. The maximum Gasteiger partial charge on any atom is 0.145 e. The number of rotatable bonds is 6. The van der Waals surface area contributed by atoms with Crippen molar-refractivity contribution in [2.24, 2.45) is 0 Å². The van der Waals surface area contributed by atoms with Gasteiger partial charge in [-0.2, -0.15) is 0 Å². The minimum Gasteiger partial charge on any atom is -0.457 e. The molecule has 1 fully saturated rings. The van der Waals surface area contributed by atoms with Crippen LogP contribution < -0.4 is 4.74 Å². The molecule has 0 N–H and O–H groups in total. The van der Waals surface area contributed by atoms with Gasteiger partial charge in [-0.05, 0) is 66.2 Å². The van der Waals surface area contributed by atoms with E-state index in [0.29, 0.717) is 0 Å². The van der Waals surface area contributed by atoms with Crippen LogP contribution in [0.3, 0.4) is 0 Å². The molecule has 4 aromatic carbocycles. The van der Waals surface area contributed by atoms with Gasteiger partial charge in [0.25, 0.3) is 0 Å². The number of nitrogens with zero attached hydrogens (tertiary/aromatic N) is 5. The van der Waals surface area contributed by atoms with Crippen molar-refractivity contribution >= 4 is 32.8 Å². The number of hydrogen-bond acceptors (Lipinski definition) is 6. The first-order chi connectivity index (χ1) is 21.3. The summed E-state index contributed by atoms with van der Waals surface area (Å²) in [7, 11) is 0. The van der Waals surface area contributed by atoms with Crippen LogP contribution in [0.1, 0.15) is 5.56 Å². The number of pyridine rings is 2. The summed E-state index contributed by atoms with van der Waals surface area (Å²) in [6, 6.07) is 34.9. The van der Waals surface area contributed by atoms with E-state index in [0.717, 1.165) is 94.3 Å². The summed E-state index contributed by atoms with van der Waals surface area (Å²) in [5, 5.41) is 1.99. The molecule has 7 heteroatoms. The topological polar surface area (TPSA) is 65.3 Å². The molecule has 0 saturated carbocycles. The lowest BCUT2D eigenvalue weighted by Crippen LogP contribution is -2.35. The summed E-state index contributed by atoms with van der Waals surface area (Å²) in [5.41, 5.74) is 6.94. The first-order valence-corrected chi connectivity index (χ1v) is 14.6. The molecule has 0 atom stereocenters. The van der Waals surface area contributed by atoms with Crippen LogP contribution in [0.5, 0.6) is 11.5 Å². The largest absolute Gasteiger partial charge is 0.457 e.